The molecule has 0 spiro atoms. The molecule has 12 rings (SSSR count). The van der Waals surface area contributed by atoms with Crippen LogP contribution in [-0.4, -0.2) is 205 Å². The number of hydrogen-bond donors (Lipinski definition) is 20. The molecule has 7 aliphatic heterocycles. The second-order valence-electron chi connectivity index (χ2n) is 29.8. The normalized spacial score (nSPS) is 27.4. The van der Waals surface area contributed by atoms with Crippen molar-refractivity contribution in [1.82, 2.24) is 47.9 Å². The van der Waals surface area contributed by atoms with Gasteiger partial charge in [0.1, 0.15) is 89.5 Å². The van der Waals surface area contributed by atoms with Crippen molar-refractivity contribution in [2.24, 2.45) is 17.4 Å². The van der Waals surface area contributed by atoms with Crippen molar-refractivity contribution in [3.05, 3.63) is 117 Å². The maximum atomic E-state index is 16.2. The lowest BCUT2D eigenvalue weighted by Crippen LogP contribution is -2.65. The van der Waals surface area contributed by atoms with Gasteiger partial charge in [0.2, 0.25) is 53.4 Å². The number of likely N-dealkylation sites (N-methyl/N-ethyl adjacent to an activating group) is 1. The van der Waals surface area contributed by atoms with Crippen LogP contribution >= 0.6 is 23.2 Å². The number of primary amides is 1. The summed E-state index contributed by atoms with van der Waals surface area (Å²) in [6.07, 6.45) is -9.05. The number of benzene rings is 5. The van der Waals surface area contributed by atoms with E-state index in [-0.39, 0.29) is 52.0 Å². The number of aliphatic hydroxyl groups excluding tert-OH is 5. The fourth-order valence-corrected chi connectivity index (χ4v) is 15.0. The number of fused-ring (bicyclic) bond motifs is 15. The van der Waals surface area contributed by atoms with Crippen molar-refractivity contribution in [1.29, 1.82) is 0 Å². The van der Waals surface area contributed by atoms with Crippen molar-refractivity contribution in [2.75, 3.05) is 33.2 Å². The summed E-state index contributed by atoms with van der Waals surface area (Å²) in [6, 6.07) is -0.199. The maximum Gasteiger partial charge on any atom is 0.330 e. The molecule has 0 aliphatic carbocycles. The number of amides is 7. The molecular formula is C78H101Cl2N11O23. The largest absolute Gasteiger partial charge is 0.508 e. The van der Waals surface area contributed by atoms with Crippen LogP contribution in [0.1, 0.15) is 163 Å². The fraction of sp³-hybridized carbons (Fsp3) is 0.513. The Morgan fingerprint density at radius 2 is 1.28 bits per heavy atom. The molecule has 7 heterocycles. The van der Waals surface area contributed by atoms with Gasteiger partial charge in [-0.3, -0.25) is 33.6 Å². The van der Waals surface area contributed by atoms with Crippen molar-refractivity contribution in [2.45, 2.75) is 214 Å². The summed E-state index contributed by atoms with van der Waals surface area (Å²) >= 11 is 14.3. The summed E-state index contributed by atoms with van der Waals surface area (Å²) in [5.74, 6) is -15.6. The summed E-state index contributed by atoms with van der Waals surface area (Å²) in [7, 11) is 1.49. The zero-order valence-electron chi connectivity index (χ0n) is 63.7. The van der Waals surface area contributed by atoms with Crippen LogP contribution in [0.25, 0.3) is 11.1 Å². The lowest BCUT2D eigenvalue weighted by Gasteiger charge is -2.48. The quantitative estimate of drug-likeness (QED) is 0.0353. The number of unbranched alkanes of at least 4 members (excludes halogenated alkanes) is 6. The summed E-state index contributed by atoms with van der Waals surface area (Å²) in [6.45, 7) is 11.0. The Labute approximate surface area is 667 Å². The van der Waals surface area contributed by atoms with Crippen LogP contribution < -0.4 is 73.5 Å². The van der Waals surface area contributed by atoms with Gasteiger partial charge in [-0.15, -0.1) is 0 Å². The summed E-state index contributed by atoms with van der Waals surface area (Å²) < 4.78 is 39.7. The average molecular weight is 1630 g/mol. The number of carbonyl (C=O) groups is 8. The minimum absolute atomic E-state index is 0.0667. The molecule has 5 aromatic carbocycles. The van der Waals surface area contributed by atoms with E-state index in [0.717, 1.165) is 99.4 Å². The lowest BCUT2D eigenvalue weighted by molar-refractivity contribution is -0.331. The van der Waals surface area contributed by atoms with Crippen LogP contribution in [0, 0.1) is 5.92 Å². The molecule has 0 radical (unpaired) electrons. The van der Waals surface area contributed by atoms with E-state index in [9.17, 15) is 69.9 Å². The van der Waals surface area contributed by atoms with E-state index >= 15 is 14.4 Å². The number of aliphatic carboxylic acids is 1. The third-order valence-corrected chi connectivity index (χ3v) is 21.4. The van der Waals surface area contributed by atoms with Crippen molar-refractivity contribution < 1.29 is 113 Å². The number of halogens is 2. The second kappa shape index (κ2) is 38.5. The summed E-state index contributed by atoms with van der Waals surface area (Å²) in [4.78, 5) is 118. The number of carbonyl (C=O) groups excluding carboxylic acids is 7. The SMILES string of the molecule is CCCCCCCNCCCCCN[C@@]1(C)C[C@H](O[C@H]2[C@H](Oc3c4cc5cc3Oc3ccc(cc3Cl)[C@@H](O)[C@@H](NC(=O)[C@@H](CC(C)C)NC)C(=O)N[C@@H](CC(N)=O)C(=O)N[C@H]5C(=O)N[C@H]3C(=O)N[C@H](C(=O)N[C@H](C(=O)O)c5cc(O)cc(O)c5-c5cc3ccc5O)[C@H](O)c3ccc(c(Cl)c3)O4)O[C@H](CN)[C@@H](O)[C@@H]2O)O[C@@H](C)[C@H]1O. The van der Waals surface area contributed by atoms with Crippen molar-refractivity contribution in [3.8, 4) is 57.1 Å². The average Bonchev–Trinajstić information content (AvgIpc) is 0.771. The van der Waals surface area contributed by atoms with E-state index in [0.29, 0.717) is 6.54 Å². The van der Waals surface area contributed by atoms with E-state index in [4.69, 9.17) is 63.1 Å². The first-order valence-electron chi connectivity index (χ1n) is 37.9. The van der Waals surface area contributed by atoms with E-state index < -0.39 is 231 Å². The third-order valence-electron chi connectivity index (χ3n) is 20.8. The fourth-order valence-electron chi connectivity index (χ4n) is 14.6. The second-order valence-corrected chi connectivity index (χ2v) is 30.6. The molecule has 11 bridgehead atoms. The van der Waals surface area contributed by atoms with Gasteiger partial charge in [-0.25, -0.2) is 4.79 Å². The first kappa shape index (κ1) is 87.2. The Morgan fingerprint density at radius 3 is 1.89 bits per heavy atom. The Balaban J connectivity index is 1.15. The molecule has 18 atom stereocenters. The molecule has 7 amide bonds. The number of aromatic hydroxyl groups is 3. The number of ether oxygens (including phenoxy) is 6. The van der Waals surface area contributed by atoms with Gasteiger partial charge in [0.05, 0.1) is 34.7 Å². The molecule has 34 nitrogen and oxygen atoms in total. The molecule has 5 aromatic rings. The zero-order chi connectivity index (χ0) is 82.7. The molecule has 36 heteroatoms. The van der Waals surface area contributed by atoms with Crippen LogP contribution in [0.2, 0.25) is 10.0 Å². The number of rotatable bonds is 26. The van der Waals surface area contributed by atoms with Crippen molar-refractivity contribution >= 4 is 70.5 Å². The number of aliphatic hydroxyl groups is 5. The molecular weight excluding hydrogens is 1530 g/mol. The number of phenols is 3. The molecule has 2 fully saturated rings. The number of nitrogens with two attached hydrogens (primary N) is 2. The monoisotopic (exact) mass is 1630 g/mol. The van der Waals surface area contributed by atoms with Crippen LogP contribution in [-0.2, 0) is 52.6 Å². The van der Waals surface area contributed by atoms with Crippen LogP contribution in [0.15, 0.2) is 78.9 Å². The predicted octanol–water partition coefficient (Wildman–Crippen LogP) is 3.43. The predicted molar refractivity (Wildman–Crippen MR) is 411 cm³/mol. The van der Waals surface area contributed by atoms with Gasteiger partial charge in [-0.1, -0.05) is 94.3 Å². The highest BCUT2D eigenvalue weighted by molar-refractivity contribution is 6.32. The van der Waals surface area contributed by atoms with Gasteiger partial charge < -0.3 is 134 Å². The smallest absolute Gasteiger partial charge is 0.330 e. The molecule has 22 N–H and O–H groups in total. The van der Waals surface area contributed by atoms with Gasteiger partial charge in [-0.05, 0) is 149 Å². The Bertz CT molecular complexity index is 4340. The molecule has 620 valence electrons. The van der Waals surface area contributed by atoms with E-state index in [2.05, 4.69) is 54.8 Å². The van der Waals surface area contributed by atoms with E-state index in [1.807, 2.05) is 13.8 Å². The van der Waals surface area contributed by atoms with Crippen LogP contribution in [0.5, 0.6) is 46.0 Å². The van der Waals surface area contributed by atoms with Crippen molar-refractivity contribution in [3.63, 3.8) is 0 Å². The van der Waals surface area contributed by atoms with Gasteiger partial charge >= 0.3 is 5.97 Å². The van der Waals surface area contributed by atoms with Gasteiger partial charge in [0, 0.05) is 41.3 Å². The standard InChI is InChI=1S/C78H101Cl2N11O23/c1-7-8-9-10-12-21-84-22-13-11-14-23-85-78(5)33-56(109-36(4)69(78)100)113-68-66(99)65(98)54(34-81)112-77(68)114-67-52-28-40-29-53(67)111-51-20-17-39(27-45(51)80)64(97)62-75(106)89-60(76(107)108)43-30-41(92)31-49(94)57(43)42-25-37(15-18-48(42)93)58(72(103)91-62)88-73(104)59(40)87-71(102)47(32-55(82)95)86-74(105)61(90-70(101)46(83-6)24-35(2)3)63(96)38-16-19-50(110-52)44(79)26-38/h15-20,25-31,35-36,46-47,54,56,58-66,68-69,77,83-85,92-94,96-100H,7-14,21-24,32-34,81H2,1-6H3,(H2,82,95)(H,86,105)(H,87,102)(H,88,104)(H,89,106)(H,90,101)(H,91,103)(H,107,108)/t36-,46+,47-,54+,56-,58+,59+,60-,61+,62-,63+,64+,65+,66-,68+,69+,77-,78-/m0/s1. The zero-order valence-corrected chi connectivity index (χ0v) is 65.2. The number of carboxylic acids is 1. The number of nitrogens with one attached hydrogen (secondary N) is 9. The highest BCUT2D eigenvalue weighted by Crippen LogP contribution is 2.50. The van der Waals surface area contributed by atoms with Gasteiger partial charge in [0.15, 0.2) is 29.9 Å². The Kier molecular flexibility index (Phi) is 29.4. The van der Waals surface area contributed by atoms with Crippen LogP contribution in [0.3, 0.4) is 0 Å². The van der Waals surface area contributed by atoms with Crippen LogP contribution in [0.4, 0.5) is 0 Å². The maximum absolute atomic E-state index is 16.2. The number of hydrogen-bond acceptors (Lipinski definition) is 26. The molecule has 0 unspecified atom stereocenters. The molecule has 0 aromatic heterocycles. The molecule has 7 aliphatic rings. The Hall–Kier alpha value is -9.24. The minimum atomic E-state index is -2.33. The molecule has 114 heavy (non-hydrogen) atoms. The third kappa shape index (κ3) is 20.5. The van der Waals surface area contributed by atoms with E-state index in [1.165, 1.54) is 50.9 Å². The Morgan fingerprint density at radius 1 is 0.675 bits per heavy atom. The number of carboxylic acid groups (broad SMARTS) is 1. The highest BCUT2D eigenvalue weighted by atomic mass is 35.5. The van der Waals surface area contributed by atoms with E-state index in [1.54, 1.807) is 13.8 Å². The van der Waals surface area contributed by atoms with Gasteiger partial charge in [-0.2, -0.15) is 0 Å². The highest BCUT2D eigenvalue weighted by Gasteiger charge is 2.52. The minimum Gasteiger partial charge on any atom is -0.508 e. The molecule has 2 saturated heterocycles. The lowest BCUT2D eigenvalue weighted by atomic mass is 9.85. The topological polar surface area (TPSA) is 534 Å². The van der Waals surface area contributed by atoms with Gasteiger partial charge in [0.25, 0.3) is 0 Å². The summed E-state index contributed by atoms with van der Waals surface area (Å²) in [5, 5.41) is 129. The first-order valence-corrected chi connectivity index (χ1v) is 38.7. The molecule has 0 saturated carbocycles. The number of phenolic OH excluding ortho intramolecular Hbond substituents is 3. The first-order chi connectivity index (χ1) is 54.2. The summed E-state index contributed by atoms with van der Waals surface area (Å²) in [5.41, 5.74) is 8.22.